The number of aliphatic hydroxyl groups is 1. The molecule has 0 saturated heterocycles. The van der Waals surface area contributed by atoms with E-state index in [9.17, 15) is 14.2 Å². The van der Waals surface area contributed by atoms with Gasteiger partial charge in [0, 0.05) is 6.20 Å². The number of aliphatic hydroxyl groups excluding tert-OH is 1. The Morgan fingerprint density at radius 3 is 2.67 bits per heavy atom. The summed E-state index contributed by atoms with van der Waals surface area (Å²) in [5.41, 5.74) is 4.38. The molecule has 0 unspecified atom stereocenters. The van der Waals surface area contributed by atoms with Gasteiger partial charge in [-0.1, -0.05) is 0 Å². The Morgan fingerprint density at radius 2 is 2.19 bits per heavy atom. The molecule has 1 aromatic rings. The Hall–Kier alpha value is -0.580. The number of hydrogen-bond donors (Lipinski definition) is 4. The molecule has 0 aliphatic rings. The van der Waals surface area contributed by atoms with Crippen molar-refractivity contribution in [1.29, 1.82) is 0 Å². The number of nitrogen functional groups attached to an aromatic ring is 1. The van der Waals surface area contributed by atoms with Gasteiger partial charge in [0.2, 0.25) is 5.91 Å². The van der Waals surface area contributed by atoms with Gasteiger partial charge in [0.05, 0.1) is 19.1 Å². The van der Waals surface area contributed by atoms with Crippen molar-refractivity contribution in [3.63, 3.8) is 0 Å². The molecule has 1 heterocycles. The van der Waals surface area contributed by atoms with Crippen molar-refractivity contribution in [2.75, 3.05) is 18.7 Å². The summed E-state index contributed by atoms with van der Waals surface area (Å²) in [7, 11) is -4.41. The summed E-state index contributed by atoms with van der Waals surface area (Å²) in [5.74, 6) is -0.789. The van der Waals surface area contributed by atoms with Crippen LogP contribution in [0.3, 0.4) is 0 Å². The van der Waals surface area contributed by atoms with Crippen LogP contribution in [0.5, 0.6) is 0 Å². The fraction of sp³-hybridized carbons (Fsp3) is 0.444. The van der Waals surface area contributed by atoms with E-state index in [1.54, 1.807) is 0 Å². The fourth-order valence-electron chi connectivity index (χ4n) is 1.28. The third-order valence-corrected chi connectivity index (χ3v) is 2.66. The first-order valence-corrected chi connectivity index (χ1v) is 7.18. The van der Waals surface area contributed by atoms with Gasteiger partial charge in [-0.15, -0.1) is 0 Å². The van der Waals surface area contributed by atoms with Gasteiger partial charge in [0.25, 0.3) is 0 Å². The number of anilines is 1. The van der Waals surface area contributed by atoms with Gasteiger partial charge < -0.3 is 26.8 Å². The average Bonchev–Trinajstić information content (AvgIpc) is 2.33. The first kappa shape index (κ1) is 20.4. The Balaban J connectivity index is 0. The number of hydrogen-bond acceptors (Lipinski definition) is 7. The van der Waals surface area contributed by atoms with E-state index in [0.29, 0.717) is 4.57 Å². The van der Waals surface area contributed by atoms with Gasteiger partial charge in [-0.25, -0.2) is 9.36 Å². The van der Waals surface area contributed by atoms with E-state index in [-0.39, 0.29) is 36.8 Å². The zero-order valence-electron chi connectivity index (χ0n) is 12.2. The summed E-state index contributed by atoms with van der Waals surface area (Å²) in [4.78, 5) is 43.8. The molecular weight excluding hydrogens is 316 g/mol. The predicted octanol–water partition coefficient (Wildman–Crippen LogP) is -4.51. The Kier molecular flexibility index (Phi) is 8.52. The molecular formula is C9H15N3NaO7P. The Labute approximate surface area is 142 Å². The monoisotopic (exact) mass is 331 g/mol. The van der Waals surface area contributed by atoms with Crippen LogP contribution in [0.4, 0.5) is 5.82 Å². The Bertz CT molecular complexity index is 593. The van der Waals surface area contributed by atoms with Crippen LogP contribution in [0, 0.1) is 0 Å². The number of carbonyl (C=O) groups excluding carboxylic acids is 1. The van der Waals surface area contributed by atoms with Crippen molar-refractivity contribution < 1.29 is 60.0 Å². The van der Waals surface area contributed by atoms with E-state index in [0.717, 1.165) is 6.20 Å². The van der Waals surface area contributed by atoms with Crippen LogP contribution in [0.25, 0.3) is 0 Å². The summed E-state index contributed by atoms with van der Waals surface area (Å²) < 4.78 is 16.0. The summed E-state index contributed by atoms with van der Waals surface area (Å²) in [6.45, 7) is -0.636. The molecule has 0 aliphatic carbocycles. The second kappa shape index (κ2) is 8.76. The number of carbonyl (C=O) groups is 1. The molecule has 0 radical (unpaired) electrons. The predicted molar refractivity (Wildman–Crippen MR) is 68.1 cm³/mol. The minimum Gasteiger partial charge on any atom is -1.00 e. The first-order chi connectivity index (χ1) is 9.23. The number of rotatable bonds is 6. The SMILES string of the molecule is Nc1ccn(C(=O)C[C@@H](CO)OCP(=O)(O)O)c(=O)n1.[H-].[Na+]. The quantitative estimate of drug-likeness (QED) is 0.297. The molecule has 0 bridgehead atoms. The topological polar surface area (TPSA) is 165 Å². The van der Waals surface area contributed by atoms with Gasteiger partial charge in [-0.2, -0.15) is 4.98 Å². The summed E-state index contributed by atoms with van der Waals surface area (Å²) in [6, 6.07) is 1.24. The maximum atomic E-state index is 11.8. The molecule has 10 nitrogen and oxygen atoms in total. The minimum absolute atomic E-state index is 0. The Morgan fingerprint density at radius 1 is 1.57 bits per heavy atom. The van der Waals surface area contributed by atoms with Crippen molar-refractivity contribution in [3.8, 4) is 0 Å². The van der Waals surface area contributed by atoms with Gasteiger partial charge in [-0.05, 0) is 6.07 Å². The van der Waals surface area contributed by atoms with Crippen molar-refractivity contribution in [1.82, 2.24) is 9.55 Å². The fourth-order valence-corrected chi connectivity index (χ4v) is 1.68. The zero-order valence-corrected chi connectivity index (χ0v) is 14.1. The van der Waals surface area contributed by atoms with E-state index in [4.69, 9.17) is 25.4 Å². The minimum atomic E-state index is -4.41. The van der Waals surface area contributed by atoms with Gasteiger partial charge >= 0.3 is 42.8 Å². The standard InChI is InChI=1S/C9H14N3O7P.Na.H/c10-7-1-2-12(9(15)11-7)8(14)3-6(4-13)19-5-20(16,17)18;;/h1-2,6,13H,3-5H2,(H2,10,11,15)(H2,16,17,18);;/q;+1;-1/t6-;;/m0../s1. The molecule has 0 aliphatic heterocycles. The molecule has 21 heavy (non-hydrogen) atoms. The van der Waals surface area contributed by atoms with Gasteiger partial charge in [0.1, 0.15) is 12.2 Å². The first-order valence-electron chi connectivity index (χ1n) is 5.38. The smallest absolute Gasteiger partial charge is 1.00 e. The largest absolute Gasteiger partial charge is 1.00 e. The molecule has 5 N–H and O–H groups in total. The molecule has 0 spiro atoms. The van der Waals surface area contributed by atoms with Crippen LogP contribution in [-0.2, 0) is 9.30 Å². The normalized spacial score (nSPS) is 12.5. The number of aromatic nitrogens is 2. The van der Waals surface area contributed by atoms with Crippen LogP contribution in [0.15, 0.2) is 17.1 Å². The van der Waals surface area contributed by atoms with Crippen LogP contribution < -0.4 is 41.0 Å². The van der Waals surface area contributed by atoms with E-state index < -0.39 is 44.7 Å². The second-order valence-corrected chi connectivity index (χ2v) is 5.46. The molecule has 0 fully saturated rings. The molecule has 1 atom stereocenters. The summed E-state index contributed by atoms with van der Waals surface area (Å²) >= 11 is 0. The van der Waals surface area contributed by atoms with Crippen LogP contribution in [-0.4, -0.2) is 49.4 Å². The number of ether oxygens (including phenoxy) is 1. The third-order valence-electron chi connectivity index (χ3n) is 2.18. The molecule has 114 valence electrons. The van der Waals surface area contributed by atoms with E-state index in [2.05, 4.69) is 4.98 Å². The molecule has 0 aromatic carbocycles. The molecule has 1 aromatic heterocycles. The van der Waals surface area contributed by atoms with E-state index >= 15 is 0 Å². The van der Waals surface area contributed by atoms with Crippen LogP contribution >= 0.6 is 7.60 Å². The van der Waals surface area contributed by atoms with Crippen LogP contribution in [0.1, 0.15) is 12.6 Å². The van der Waals surface area contributed by atoms with Gasteiger partial charge in [0.15, 0.2) is 0 Å². The maximum Gasteiger partial charge on any atom is 1.00 e. The maximum absolute atomic E-state index is 11.8. The van der Waals surface area contributed by atoms with Gasteiger partial charge in [-0.3, -0.25) is 9.36 Å². The zero-order chi connectivity index (χ0) is 15.3. The van der Waals surface area contributed by atoms with E-state index in [1.165, 1.54) is 6.07 Å². The molecule has 0 saturated carbocycles. The van der Waals surface area contributed by atoms with Crippen molar-refractivity contribution in [2.45, 2.75) is 12.5 Å². The van der Waals surface area contributed by atoms with Crippen molar-refractivity contribution in [3.05, 3.63) is 22.7 Å². The van der Waals surface area contributed by atoms with E-state index in [1.807, 2.05) is 0 Å². The molecule has 12 heteroatoms. The summed E-state index contributed by atoms with van der Waals surface area (Å²) in [5, 5.41) is 8.98. The molecule has 1 rings (SSSR count). The number of nitrogens with two attached hydrogens (primary N) is 1. The van der Waals surface area contributed by atoms with Crippen LogP contribution in [0.2, 0.25) is 0 Å². The summed E-state index contributed by atoms with van der Waals surface area (Å²) in [6.07, 6.45) is -1.40. The second-order valence-electron chi connectivity index (χ2n) is 3.87. The van der Waals surface area contributed by atoms with Crippen molar-refractivity contribution >= 4 is 19.3 Å². The third kappa shape index (κ3) is 7.30. The number of nitrogens with zero attached hydrogens (tertiary/aromatic N) is 2. The average molecular weight is 331 g/mol. The molecule has 0 amide bonds. The van der Waals surface area contributed by atoms with Crippen molar-refractivity contribution in [2.24, 2.45) is 0 Å².